The highest BCUT2D eigenvalue weighted by Gasteiger charge is 2.26. The first-order chi connectivity index (χ1) is 9.65. The van der Waals surface area contributed by atoms with Gasteiger partial charge in [0.15, 0.2) is 0 Å². The number of aldehydes is 2. The van der Waals surface area contributed by atoms with Crippen LogP contribution in [0.2, 0.25) is 0 Å². The SMILES string of the molecule is CCCCN/C1=C(\CC(C)(C=O)C=O)CCCCCC1. The van der Waals surface area contributed by atoms with Crippen LogP contribution in [0.3, 0.4) is 0 Å². The molecule has 0 radical (unpaired) electrons. The van der Waals surface area contributed by atoms with E-state index in [1.807, 2.05) is 0 Å². The molecule has 3 nitrogen and oxygen atoms in total. The summed E-state index contributed by atoms with van der Waals surface area (Å²) in [6.45, 7) is 4.92. The van der Waals surface area contributed by atoms with Crippen molar-refractivity contribution in [3.63, 3.8) is 0 Å². The Balaban J connectivity index is 2.84. The van der Waals surface area contributed by atoms with Crippen LogP contribution >= 0.6 is 0 Å². The zero-order chi connectivity index (χ0) is 14.8. The molecule has 0 saturated carbocycles. The molecule has 1 rings (SSSR count). The summed E-state index contributed by atoms with van der Waals surface area (Å²) < 4.78 is 0. The van der Waals surface area contributed by atoms with E-state index in [1.165, 1.54) is 43.4 Å². The molecule has 0 unspecified atom stereocenters. The van der Waals surface area contributed by atoms with Crippen LogP contribution in [0.5, 0.6) is 0 Å². The highest BCUT2D eigenvalue weighted by atomic mass is 16.1. The minimum absolute atomic E-state index is 0.578. The molecule has 1 N–H and O–H groups in total. The van der Waals surface area contributed by atoms with Crippen molar-refractivity contribution in [2.45, 2.75) is 71.6 Å². The Hall–Kier alpha value is -1.12. The first-order valence-corrected chi connectivity index (χ1v) is 8.02. The average molecular weight is 279 g/mol. The smallest absolute Gasteiger partial charge is 0.133 e. The van der Waals surface area contributed by atoms with Crippen molar-refractivity contribution in [1.29, 1.82) is 0 Å². The van der Waals surface area contributed by atoms with Crippen LogP contribution in [0, 0.1) is 5.41 Å². The Morgan fingerprint density at radius 3 is 2.35 bits per heavy atom. The standard InChI is InChI=1S/C17H29NO2/c1-3-4-11-18-16-10-8-6-5-7-9-15(16)12-17(2,13-19)14-20/h13-14,18H,3-12H2,1-2H3/b16-15-. The predicted molar refractivity (Wildman–Crippen MR) is 82.5 cm³/mol. The second-order valence-corrected chi connectivity index (χ2v) is 6.19. The number of hydrogen-bond donors (Lipinski definition) is 1. The molecular formula is C17H29NO2. The summed E-state index contributed by atoms with van der Waals surface area (Å²) in [7, 11) is 0. The number of hydrogen-bond acceptors (Lipinski definition) is 3. The largest absolute Gasteiger partial charge is 0.388 e. The minimum Gasteiger partial charge on any atom is -0.388 e. The van der Waals surface area contributed by atoms with E-state index in [9.17, 15) is 9.59 Å². The van der Waals surface area contributed by atoms with E-state index in [1.54, 1.807) is 6.92 Å². The van der Waals surface area contributed by atoms with E-state index < -0.39 is 5.41 Å². The number of rotatable bonds is 8. The fraction of sp³-hybridized carbons (Fsp3) is 0.765. The van der Waals surface area contributed by atoms with Crippen molar-refractivity contribution >= 4 is 12.6 Å². The highest BCUT2D eigenvalue weighted by Crippen LogP contribution is 2.30. The van der Waals surface area contributed by atoms with Crippen LogP contribution in [-0.2, 0) is 9.59 Å². The summed E-state index contributed by atoms with van der Waals surface area (Å²) in [5, 5.41) is 3.56. The van der Waals surface area contributed by atoms with Gasteiger partial charge in [-0.25, -0.2) is 0 Å². The molecule has 0 aromatic heterocycles. The minimum atomic E-state index is -0.855. The molecular weight excluding hydrogens is 250 g/mol. The number of carbonyl (C=O) groups excluding carboxylic acids is 2. The van der Waals surface area contributed by atoms with Crippen molar-refractivity contribution in [3.05, 3.63) is 11.3 Å². The van der Waals surface area contributed by atoms with Gasteiger partial charge in [-0.05, 0) is 51.0 Å². The zero-order valence-electron chi connectivity index (χ0n) is 13.0. The summed E-state index contributed by atoms with van der Waals surface area (Å²) in [6, 6.07) is 0. The summed E-state index contributed by atoms with van der Waals surface area (Å²) in [4.78, 5) is 22.4. The summed E-state index contributed by atoms with van der Waals surface area (Å²) in [6.07, 6.45) is 11.5. The lowest BCUT2D eigenvalue weighted by atomic mass is 9.82. The molecule has 114 valence electrons. The predicted octanol–water partition coefficient (Wildman–Crippen LogP) is 3.78. The summed E-state index contributed by atoms with van der Waals surface area (Å²) >= 11 is 0. The molecule has 3 heteroatoms. The number of nitrogens with one attached hydrogen (secondary N) is 1. The Morgan fingerprint density at radius 2 is 1.75 bits per heavy atom. The Kier molecular flexibility index (Phi) is 7.56. The fourth-order valence-electron chi connectivity index (χ4n) is 2.72. The van der Waals surface area contributed by atoms with E-state index in [2.05, 4.69) is 12.2 Å². The van der Waals surface area contributed by atoms with Crippen LogP contribution in [-0.4, -0.2) is 19.1 Å². The molecule has 1 aliphatic carbocycles. The van der Waals surface area contributed by atoms with Gasteiger partial charge in [0.25, 0.3) is 0 Å². The molecule has 0 fully saturated rings. The lowest BCUT2D eigenvalue weighted by Gasteiger charge is -2.24. The van der Waals surface area contributed by atoms with E-state index in [0.29, 0.717) is 6.42 Å². The fourth-order valence-corrected chi connectivity index (χ4v) is 2.72. The maximum atomic E-state index is 11.2. The van der Waals surface area contributed by atoms with Crippen molar-refractivity contribution in [1.82, 2.24) is 5.32 Å². The van der Waals surface area contributed by atoms with Gasteiger partial charge in [0.1, 0.15) is 12.6 Å². The molecule has 20 heavy (non-hydrogen) atoms. The van der Waals surface area contributed by atoms with Crippen LogP contribution in [0.15, 0.2) is 11.3 Å². The monoisotopic (exact) mass is 279 g/mol. The summed E-state index contributed by atoms with van der Waals surface area (Å²) in [5.74, 6) is 0. The third kappa shape index (κ3) is 5.48. The van der Waals surface area contributed by atoms with Crippen LogP contribution < -0.4 is 5.32 Å². The number of allylic oxidation sites excluding steroid dienone is 2. The first kappa shape index (κ1) is 16.9. The van der Waals surface area contributed by atoms with Crippen molar-refractivity contribution in [2.75, 3.05) is 6.54 Å². The molecule has 0 bridgehead atoms. The Bertz CT molecular complexity index is 339. The topological polar surface area (TPSA) is 46.2 Å². The molecule has 0 aromatic rings. The van der Waals surface area contributed by atoms with Gasteiger partial charge in [0, 0.05) is 12.2 Å². The maximum absolute atomic E-state index is 11.2. The first-order valence-electron chi connectivity index (χ1n) is 8.02. The van der Waals surface area contributed by atoms with Gasteiger partial charge in [0.2, 0.25) is 0 Å². The van der Waals surface area contributed by atoms with Crippen LogP contribution in [0.25, 0.3) is 0 Å². The quantitative estimate of drug-likeness (QED) is 0.418. The normalized spacial score (nSPS) is 20.9. The lowest BCUT2D eigenvalue weighted by molar-refractivity contribution is -0.125. The third-order valence-corrected chi connectivity index (χ3v) is 4.08. The van der Waals surface area contributed by atoms with Gasteiger partial charge in [-0.15, -0.1) is 0 Å². The summed E-state index contributed by atoms with van der Waals surface area (Å²) in [5.41, 5.74) is 1.74. The second-order valence-electron chi connectivity index (χ2n) is 6.19. The third-order valence-electron chi connectivity index (χ3n) is 4.08. The van der Waals surface area contributed by atoms with Crippen LogP contribution in [0.4, 0.5) is 0 Å². The molecule has 0 atom stereocenters. The van der Waals surface area contributed by atoms with E-state index >= 15 is 0 Å². The Labute approximate surface area is 123 Å². The van der Waals surface area contributed by atoms with E-state index in [-0.39, 0.29) is 0 Å². The molecule has 0 aromatic carbocycles. The van der Waals surface area contributed by atoms with Gasteiger partial charge >= 0.3 is 0 Å². The molecule has 0 heterocycles. The van der Waals surface area contributed by atoms with Crippen molar-refractivity contribution in [3.8, 4) is 0 Å². The van der Waals surface area contributed by atoms with Crippen molar-refractivity contribution < 1.29 is 9.59 Å². The van der Waals surface area contributed by atoms with Crippen LogP contribution in [0.1, 0.15) is 71.6 Å². The lowest BCUT2D eigenvalue weighted by Crippen LogP contribution is -2.24. The molecule has 0 saturated heterocycles. The van der Waals surface area contributed by atoms with E-state index in [4.69, 9.17) is 0 Å². The van der Waals surface area contributed by atoms with Gasteiger partial charge in [-0.1, -0.05) is 26.2 Å². The van der Waals surface area contributed by atoms with Gasteiger partial charge in [0.05, 0.1) is 5.41 Å². The van der Waals surface area contributed by atoms with E-state index in [0.717, 1.165) is 38.4 Å². The molecule has 0 spiro atoms. The number of carbonyl (C=O) groups is 2. The average Bonchev–Trinajstić information content (AvgIpc) is 2.45. The second kappa shape index (κ2) is 8.93. The Morgan fingerprint density at radius 1 is 1.10 bits per heavy atom. The zero-order valence-corrected chi connectivity index (χ0v) is 13.0. The molecule has 0 aliphatic heterocycles. The number of unbranched alkanes of at least 4 members (excludes halogenated alkanes) is 1. The van der Waals surface area contributed by atoms with Gasteiger partial charge in [-0.3, -0.25) is 0 Å². The van der Waals surface area contributed by atoms with Gasteiger partial charge in [-0.2, -0.15) is 0 Å². The van der Waals surface area contributed by atoms with Gasteiger partial charge < -0.3 is 14.9 Å². The highest BCUT2D eigenvalue weighted by molar-refractivity contribution is 5.83. The molecule has 0 amide bonds. The molecule has 1 aliphatic rings. The maximum Gasteiger partial charge on any atom is 0.133 e. The van der Waals surface area contributed by atoms with Crippen molar-refractivity contribution in [2.24, 2.45) is 5.41 Å².